The molecule has 0 fully saturated rings. The third kappa shape index (κ3) is 2.30. The molecule has 1 aliphatic carbocycles. The maximum atomic E-state index is 6.22. The van der Waals surface area contributed by atoms with Gasteiger partial charge in [-0.25, -0.2) is 0 Å². The number of rotatable bonds is 3. The van der Waals surface area contributed by atoms with E-state index in [4.69, 9.17) is 23.2 Å². The Balaban J connectivity index is 2.25. The van der Waals surface area contributed by atoms with E-state index in [9.17, 15) is 0 Å². The molecule has 1 aromatic rings. The van der Waals surface area contributed by atoms with Gasteiger partial charge in [-0.3, -0.25) is 0 Å². The van der Waals surface area contributed by atoms with Crippen LogP contribution in [0.2, 0.25) is 10.0 Å². The van der Waals surface area contributed by atoms with E-state index in [1.165, 1.54) is 11.1 Å². The van der Waals surface area contributed by atoms with Gasteiger partial charge in [0.1, 0.15) is 0 Å². The molecule has 3 heteroatoms. The van der Waals surface area contributed by atoms with Crippen LogP contribution < -0.4 is 5.32 Å². The normalized spacial score (nSPS) is 19.3. The van der Waals surface area contributed by atoms with Crippen LogP contribution in [0.3, 0.4) is 0 Å². The van der Waals surface area contributed by atoms with Crippen molar-refractivity contribution in [2.24, 2.45) is 0 Å². The molecule has 1 aromatic carbocycles. The van der Waals surface area contributed by atoms with Crippen molar-refractivity contribution in [2.45, 2.75) is 32.2 Å². The van der Waals surface area contributed by atoms with Crippen LogP contribution in [-0.4, -0.2) is 6.54 Å². The molecule has 0 saturated heterocycles. The first kappa shape index (κ1) is 11.3. The Morgan fingerprint density at radius 3 is 2.93 bits per heavy atom. The molecule has 1 atom stereocenters. The molecule has 0 saturated carbocycles. The van der Waals surface area contributed by atoms with E-state index in [-0.39, 0.29) is 0 Å². The highest BCUT2D eigenvalue weighted by atomic mass is 35.5. The highest BCUT2D eigenvalue weighted by Gasteiger charge is 2.24. The van der Waals surface area contributed by atoms with Crippen LogP contribution >= 0.6 is 23.2 Å². The van der Waals surface area contributed by atoms with E-state index >= 15 is 0 Å². The van der Waals surface area contributed by atoms with Crippen LogP contribution in [0.1, 0.15) is 36.9 Å². The fraction of sp³-hybridized carbons (Fsp3) is 0.500. The van der Waals surface area contributed by atoms with Crippen LogP contribution in [0, 0.1) is 0 Å². The van der Waals surface area contributed by atoms with Gasteiger partial charge in [0.05, 0.1) is 0 Å². The van der Waals surface area contributed by atoms with E-state index in [1.807, 2.05) is 12.1 Å². The summed E-state index contributed by atoms with van der Waals surface area (Å²) >= 11 is 12.2. The largest absolute Gasteiger partial charge is 0.310 e. The van der Waals surface area contributed by atoms with Crippen LogP contribution in [0.4, 0.5) is 0 Å². The lowest BCUT2D eigenvalue weighted by molar-refractivity contribution is 0.529. The summed E-state index contributed by atoms with van der Waals surface area (Å²) in [7, 11) is 0. The lowest BCUT2D eigenvalue weighted by Gasteiger charge is -2.14. The fourth-order valence-electron chi connectivity index (χ4n) is 2.20. The molecule has 1 N–H and O–H groups in total. The van der Waals surface area contributed by atoms with Gasteiger partial charge in [0.2, 0.25) is 0 Å². The summed E-state index contributed by atoms with van der Waals surface area (Å²) in [5.74, 6) is 0. The second kappa shape index (κ2) is 4.73. The zero-order valence-electron chi connectivity index (χ0n) is 8.82. The second-order valence-corrected chi connectivity index (χ2v) is 4.85. The van der Waals surface area contributed by atoms with Crippen LogP contribution in [0.25, 0.3) is 0 Å². The molecule has 0 spiro atoms. The van der Waals surface area contributed by atoms with E-state index < -0.39 is 0 Å². The Morgan fingerprint density at radius 1 is 1.40 bits per heavy atom. The summed E-state index contributed by atoms with van der Waals surface area (Å²) in [5, 5.41) is 5.07. The minimum Gasteiger partial charge on any atom is -0.310 e. The van der Waals surface area contributed by atoms with Crippen LogP contribution in [0.5, 0.6) is 0 Å². The number of benzene rings is 1. The predicted molar refractivity (Wildman–Crippen MR) is 65.8 cm³/mol. The molecule has 0 radical (unpaired) electrons. The molecular weight excluding hydrogens is 229 g/mol. The number of fused-ring (bicyclic) bond motifs is 1. The molecule has 0 aliphatic heterocycles. The third-order valence-electron chi connectivity index (χ3n) is 2.87. The number of hydrogen-bond acceptors (Lipinski definition) is 1. The molecule has 1 aliphatic rings. The zero-order chi connectivity index (χ0) is 10.8. The zero-order valence-corrected chi connectivity index (χ0v) is 10.3. The Kier molecular flexibility index (Phi) is 3.55. The standard InChI is InChI=1S/C12H15Cl2N/c1-2-5-15-11-4-3-8-6-9(13)7-10(14)12(8)11/h6-7,11,15H,2-5H2,1H3. The number of nitrogens with one attached hydrogen (secondary N) is 1. The molecular formula is C12H15Cl2N. The second-order valence-electron chi connectivity index (χ2n) is 4.01. The van der Waals surface area contributed by atoms with Gasteiger partial charge >= 0.3 is 0 Å². The summed E-state index contributed by atoms with van der Waals surface area (Å²) in [4.78, 5) is 0. The van der Waals surface area contributed by atoms with Crippen molar-refractivity contribution in [1.29, 1.82) is 0 Å². The van der Waals surface area contributed by atoms with Crippen molar-refractivity contribution < 1.29 is 0 Å². The van der Waals surface area contributed by atoms with E-state index in [2.05, 4.69) is 12.2 Å². The highest BCUT2D eigenvalue weighted by Crippen LogP contribution is 2.38. The van der Waals surface area contributed by atoms with Crippen molar-refractivity contribution in [3.8, 4) is 0 Å². The smallest absolute Gasteiger partial charge is 0.0471 e. The van der Waals surface area contributed by atoms with Gasteiger partial charge in [-0.15, -0.1) is 0 Å². The average Bonchev–Trinajstić information content (AvgIpc) is 2.58. The maximum absolute atomic E-state index is 6.22. The third-order valence-corrected chi connectivity index (χ3v) is 3.40. The molecule has 0 heterocycles. The molecule has 2 rings (SSSR count). The summed E-state index contributed by atoms with van der Waals surface area (Å²) in [5.41, 5.74) is 2.57. The van der Waals surface area contributed by atoms with Crippen molar-refractivity contribution in [3.63, 3.8) is 0 Å². The van der Waals surface area contributed by atoms with Gasteiger partial charge in [0.25, 0.3) is 0 Å². The molecule has 82 valence electrons. The molecule has 15 heavy (non-hydrogen) atoms. The Labute approximate surface area is 101 Å². The van der Waals surface area contributed by atoms with E-state index in [0.717, 1.165) is 35.9 Å². The van der Waals surface area contributed by atoms with E-state index in [0.29, 0.717) is 6.04 Å². The highest BCUT2D eigenvalue weighted by molar-refractivity contribution is 6.35. The number of halogens is 2. The number of hydrogen-bond donors (Lipinski definition) is 1. The van der Waals surface area contributed by atoms with Crippen molar-refractivity contribution in [3.05, 3.63) is 33.3 Å². The summed E-state index contributed by atoms with van der Waals surface area (Å²) in [6.45, 7) is 3.22. The number of aryl methyl sites for hydroxylation is 1. The maximum Gasteiger partial charge on any atom is 0.0471 e. The minimum absolute atomic E-state index is 0.421. The molecule has 0 bridgehead atoms. The quantitative estimate of drug-likeness (QED) is 0.847. The topological polar surface area (TPSA) is 12.0 Å². The van der Waals surface area contributed by atoms with Crippen molar-refractivity contribution in [2.75, 3.05) is 6.54 Å². The van der Waals surface area contributed by atoms with Crippen LogP contribution in [-0.2, 0) is 6.42 Å². The summed E-state index contributed by atoms with van der Waals surface area (Å²) in [6, 6.07) is 4.30. The first-order chi connectivity index (χ1) is 7.22. The molecule has 0 amide bonds. The van der Waals surface area contributed by atoms with Gasteiger partial charge < -0.3 is 5.32 Å². The molecule has 1 nitrogen and oxygen atoms in total. The monoisotopic (exact) mass is 243 g/mol. The lowest BCUT2D eigenvalue weighted by atomic mass is 10.1. The summed E-state index contributed by atoms with van der Waals surface area (Å²) < 4.78 is 0. The van der Waals surface area contributed by atoms with Gasteiger partial charge in [0.15, 0.2) is 0 Å². The van der Waals surface area contributed by atoms with Crippen molar-refractivity contribution in [1.82, 2.24) is 5.32 Å². The molecule has 0 aromatic heterocycles. The Morgan fingerprint density at radius 2 is 2.20 bits per heavy atom. The van der Waals surface area contributed by atoms with Gasteiger partial charge in [0, 0.05) is 16.1 Å². The Bertz CT molecular complexity index is 363. The van der Waals surface area contributed by atoms with E-state index in [1.54, 1.807) is 0 Å². The average molecular weight is 244 g/mol. The van der Waals surface area contributed by atoms with Crippen LogP contribution in [0.15, 0.2) is 12.1 Å². The SMILES string of the molecule is CCCNC1CCc2cc(Cl)cc(Cl)c21. The predicted octanol–water partition coefficient (Wildman–Crippen LogP) is 3.98. The first-order valence-corrected chi connectivity index (χ1v) is 6.19. The minimum atomic E-state index is 0.421. The lowest BCUT2D eigenvalue weighted by Crippen LogP contribution is -2.20. The van der Waals surface area contributed by atoms with Gasteiger partial charge in [-0.05, 0) is 49.1 Å². The van der Waals surface area contributed by atoms with Gasteiger partial charge in [-0.1, -0.05) is 30.1 Å². The fourth-order valence-corrected chi connectivity index (χ4v) is 2.87. The van der Waals surface area contributed by atoms with Gasteiger partial charge in [-0.2, -0.15) is 0 Å². The summed E-state index contributed by atoms with van der Waals surface area (Å²) in [6.07, 6.45) is 3.36. The first-order valence-electron chi connectivity index (χ1n) is 5.43. The Hall–Kier alpha value is -0.240. The van der Waals surface area contributed by atoms with Crippen molar-refractivity contribution >= 4 is 23.2 Å². The molecule has 1 unspecified atom stereocenters.